The molecule has 2 heterocycles. The summed E-state index contributed by atoms with van der Waals surface area (Å²) in [6, 6.07) is 26.2. The molecule has 2 amide bonds. The summed E-state index contributed by atoms with van der Waals surface area (Å²) in [5, 5.41) is 3.80. The molecule has 2 aliphatic rings. The lowest BCUT2D eigenvalue weighted by Crippen LogP contribution is -2.56. The summed E-state index contributed by atoms with van der Waals surface area (Å²) in [5.41, 5.74) is 4.73. The first kappa shape index (κ1) is 32.2. The standard InChI is InChI=1S/C36H46ClN5O2/c1-4-40(5-2)26-34(28-11-7-6-8-12-28)41-19-21-42(22-20-41)36(44)32(23-27-15-17-30(37)18-16-27)38-35(43)24-33-31-14-10-9-13-29(31)25-39(33)3/h6-18,32-34H,4-5,19-26H2,1-3H3,(H,38,43)/t32-,33?,34?/m1/s1. The largest absolute Gasteiger partial charge is 0.344 e. The Labute approximate surface area is 267 Å². The molecule has 8 heteroatoms. The van der Waals surface area contributed by atoms with E-state index < -0.39 is 6.04 Å². The van der Waals surface area contributed by atoms with Crippen LogP contribution in [0, 0.1) is 0 Å². The van der Waals surface area contributed by atoms with Gasteiger partial charge in [0.1, 0.15) is 6.04 Å². The van der Waals surface area contributed by atoms with Gasteiger partial charge in [-0.25, -0.2) is 0 Å². The highest BCUT2D eigenvalue weighted by molar-refractivity contribution is 6.30. The van der Waals surface area contributed by atoms with Crippen LogP contribution in [0.2, 0.25) is 5.02 Å². The van der Waals surface area contributed by atoms with Gasteiger partial charge in [0.05, 0.1) is 0 Å². The molecule has 1 saturated heterocycles. The second-order valence-electron chi connectivity index (χ2n) is 12.1. The Bertz CT molecular complexity index is 1370. The number of carbonyl (C=O) groups excluding carboxylic acids is 2. The Morgan fingerprint density at radius 2 is 1.57 bits per heavy atom. The van der Waals surface area contributed by atoms with Crippen molar-refractivity contribution < 1.29 is 9.59 Å². The second kappa shape index (κ2) is 15.2. The molecule has 3 aromatic carbocycles. The Hall–Kier alpha value is -3.23. The Morgan fingerprint density at radius 1 is 0.909 bits per heavy atom. The third-order valence-corrected chi connectivity index (χ3v) is 9.56. The minimum atomic E-state index is -0.641. The van der Waals surface area contributed by atoms with Crippen molar-refractivity contribution in [1.82, 2.24) is 24.9 Å². The average Bonchev–Trinajstić information content (AvgIpc) is 3.36. The van der Waals surface area contributed by atoms with Crippen LogP contribution in [-0.2, 0) is 22.6 Å². The fraction of sp³-hybridized carbons (Fsp3) is 0.444. The minimum absolute atomic E-state index is 0.00163. The summed E-state index contributed by atoms with van der Waals surface area (Å²) in [6.07, 6.45) is 0.740. The number of hydrogen-bond acceptors (Lipinski definition) is 5. The fourth-order valence-electron chi connectivity index (χ4n) is 6.68. The van der Waals surface area contributed by atoms with Crippen LogP contribution in [0.15, 0.2) is 78.9 Å². The predicted molar refractivity (Wildman–Crippen MR) is 177 cm³/mol. The van der Waals surface area contributed by atoms with Gasteiger partial charge in [-0.2, -0.15) is 0 Å². The van der Waals surface area contributed by atoms with E-state index in [1.54, 1.807) is 0 Å². The molecule has 2 unspecified atom stereocenters. The number of benzene rings is 3. The number of rotatable bonds is 12. The van der Waals surface area contributed by atoms with E-state index in [4.69, 9.17) is 11.6 Å². The van der Waals surface area contributed by atoms with Gasteiger partial charge in [-0.05, 0) is 54.5 Å². The topological polar surface area (TPSA) is 59.1 Å². The molecule has 234 valence electrons. The highest BCUT2D eigenvalue weighted by Gasteiger charge is 2.34. The van der Waals surface area contributed by atoms with E-state index in [0.717, 1.165) is 44.8 Å². The summed E-state index contributed by atoms with van der Waals surface area (Å²) >= 11 is 6.14. The molecule has 0 radical (unpaired) electrons. The van der Waals surface area contributed by atoms with Crippen molar-refractivity contribution in [3.63, 3.8) is 0 Å². The van der Waals surface area contributed by atoms with Gasteiger partial charge in [-0.3, -0.25) is 19.4 Å². The first-order chi connectivity index (χ1) is 21.4. The molecule has 1 fully saturated rings. The maximum absolute atomic E-state index is 14.1. The lowest BCUT2D eigenvalue weighted by Gasteiger charge is -2.42. The Morgan fingerprint density at radius 3 is 2.25 bits per heavy atom. The van der Waals surface area contributed by atoms with Gasteiger partial charge in [0.15, 0.2) is 0 Å². The monoisotopic (exact) mass is 615 g/mol. The van der Waals surface area contributed by atoms with Gasteiger partial charge in [0.2, 0.25) is 11.8 Å². The Balaban J connectivity index is 1.27. The van der Waals surface area contributed by atoms with E-state index in [1.807, 2.05) is 41.3 Å². The SMILES string of the molecule is CCN(CC)CC(c1ccccc1)N1CCN(C(=O)[C@@H](Cc2ccc(Cl)cc2)NC(=O)CC2c3ccccc3CN2C)CC1. The fourth-order valence-corrected chi connectivity index (χ4v) is 6.80. The summed E-state index contributed by atoms with van der Waals surface area (Å²) < 4.78 is 0. The van der Waals surface area contributed by atoms with E-state index in [1.165, 1.54) is 16.7 Å². The predicted octanol–water partition coefficient (Wildman–Crippen LogP) is 5.17. The van der Waals surface area contributed by atoms with Crippen molar-refractivity contribution >= 4 is 23.4 Å². The van der Waals surface area contributed by atoms with Gasteiger partial charge < -0.3 is 15.1 Å². The molecule has 0 spiro atoms. The summed E-state index contributed by atoms with van der Waals surface area (Å²) in [4.78, 5) is 36.7. The molecule has 3 atom stereocenters. The van der Waals surface area contributed by atoms with Crippen molar-refractivity contribution in [1.29, 1.82) is 0 Å². The smallest absolute Gasteiger partial charge is 0.245 e. The molecule has 3 aromatic rings. The zero-order valence-electron chi connectivity index (χ0n) is 26.3. The molecule has 1 N–H and O–H groups in total. The number of nitrogens with zero attached hydrogens (tertiary/aromatic N) is 4. The molecule has 2 aliphatic heterocycles. The van der Waals surface area contributed by atoms with Crippen LogP contribution in [0.1, 0.15) is 54.6 Å². The number of fused-ring (bicyclic) bond motifs is 1. The minimum Gasteiger partial charge on any atom is -0.344 e. The molecular weight excluding hydrogens is 570 g/mol. The molecule has 0 aliphatic carbocycles. The van der Waals surface area contributed by atoms with Crippen LogP contribution in [0.5, 0.6) is 0 Å². The normalized spacial score (nSPS) is 18.7. The number of piperazine rings is 1. The molecule has 5 rings (SSSR count). The quantitative estimate of drug-likeness (QED) is 0.305. The summed E-state index contributed by atoms with van der Waals surface area (Å²) in [7, 11) is 2.05. The van der Waals surface area contributed by atoms with E-state index in [-0.39, 0.29) is 23.9 Å². The zero-order valence-corrected chi connectivity index (χ0v) is 27.0. The van der Waals surface area contributed by atoms with Crippen LogP contribution < -0.4 is 5.32 Å². The molecule has 0 aromatic heterocycles. The molecule has 44 heavy (non-hydrogen) atoms. The Kier molecular flexibility index (Phi) is 11.1. The first-order valence-electron chi connectivity index (χ1n) is 16.0. The number of hydrogen-bond donors (Lipinski definition) is 1. The van der Waals surface area contributed by atoms with Gasteiger partial charge in [-0.1, -0.05) is 92.2 Å². The summed E-state index contributed by atoms with van der Waals surface area (Å²) in [6.45, 7) is 11.1. The van der Waals surface area contributed by atoms with Crippen molar-refractivity contribution in [2.45, 2.75) is 51.4 Å². The van der Waals surface area contributed by atoms with E-state index in [0.29, 0.717) is 31.0 Å². The van der Waals surface area contributed by atoms with Crippen LogP contribution in [0.25, 0.3) is 0 Å². The maximum atomic E-state index is 14.1. The van der Waals surface area contributed by atoms with Gasteiger partial charge in [0, 0.05) is 69.2 Å². The van der Waals surface area contributed by atoms with Gasteiger partial charge in [-0.15, -0.1) is 0 Å². The van der Waals surface area contributed by atoms with Gasteiger partial charge >= 0.3 is 0 Å². The van der Waals surface area contributed by atoms with Crippen molar-refractivity contribution in [2.75, 3.05) is 52.9 Å². The van der Waals surface area contributed by atoms with E-state index in [9.17, 15) is 9.59 Å². The third-order valence-electron chi connectivity index (χ3n) is 9.31. The average molecular weight is 616 g/mol. The number of carbonyl (C=O) groups is 2. The number of nitrogens with one attached hydrogen (secondary N) is 1. The van der Waals surface area contributed by atoms with Crippen molar-refractivity contribution in [3.05, 3.63) is 106 Å². The molecule has 0 bridgehead atoms. The zero-order chi connectivity index (χ0) is 31.1. The highest BCUT2D eigenvalue weighted by Crippen LogP contribution is 2.34. The summed E-state index contributed by atoms with van der Waals surface area (Å²) in [5.74, 6) is -0.124. The van der Waals surface area contributed by atoms with E-state index >= 15 is 0 Å². The molecular formula is C36H46ClN5O2. The maximum Gasteiger partial charge on any atom is 0.245 e. The number of amides is 2. The number of halogens is 1. The molecule has 7 nitrogen and oxygen atoms in total. The van der Waals surface area contributed by atoms with Crippen LogP contribution in [-0.4, -0.2) is 90.3 Å². The van der Waals surface area contributed by atoms with Crippen LogP contribution in [0.3, 0.4) is 0 Å². The lowest BCUT2D eigenvalue weighted by molar-refractivity contribution is -0.138. The van der Waals surface area contributed by atoms with E-state index in [2.05, 4.69) is 83.4 Å². The van der Waals surface area contributed by atoms with Crippen LogP contribution >= 0.6 is 11.6 Å². The van der Waals surface area contributed by atoms with Crippen molar-refractivity contribution in [3.8, 4) is 0 Å². The first-order valence-corrected chi connectivity index (χ1v) is 16.4. The van der Waals surface area contributed by atoms with Gasteiger partial charge in [0.25, 0.3) is 0 Å². The van der Waals surface area contributed by atoms with Crippen molar-refractivity contribution in [2.24, 2.45) is 0 Å². The third kappa shape index (κ3) is 7.88. The number of likely N-dealkylation sites (N-methyl/N-ethyl adjacent to an activating group) is 1. The highest BCUT2D eigenvalue weighted by atomic mass is 35.5. The molecule has 0 saturated carbocycles. The second-order valence-corrected chi connectivity index (χ2v) is 12.5. The van der Waals surface area contributed by atoms with Crippen LogP contribution in [0.4, 0.5) is 0 Å². The lowest BCUT2D eigenvalue weighted by atomic mass is 10.0.